The zero-order chi connectivity index (χ0) is 13.0. The van der Waals surface area contributed by atoms with Crippen molar-refractivity contribution >= 4 is 5.97 Å². The van der Waals surface area contributed by atoms with Gasteiger partial charge in [0, 0.05) is 0 Å². The van der Waals surface area contributed by atoms with E-state index in [0.29, 0.717) is 5.56 Å². The minimum Gasteiger partial charge on any atom is -0.508 e. The summed E-state index contributed by atoms with van der Waals surface area (Å²) in [7, 11) is 0. The van der Waals surface area contributed by atoms with Crippen molar-refractivity contribution in [3.8, 4) is 5.75 Å². The molecule has 0 aliphatic carbocycles. The number of rotatable bonds is 4. The first kappa shape index (κ1) is 12.2. The van der Waals surface area contributed by atoms with Crippen LogP contribution >= 0.6 is 0 Å². The van der Waals surface area contributed by atoms with Crippen LogP contribution in [-0.4, -0.2) is 16.2 Å². The Bertz CT molecular complexity index is 534. The fourth-order valence-electron chi connectivity index (χ4n) is 1.94. The van der Waals surface area contributed by atoms with E-state index in [0.717, 1.165) is 5.56 Å². The number of phenols is 1. The molecule has 2 aromatic rings. The number of hydrogen-bond donors (Lipinski definition) is 2. The standard InChI is InChI=1S/C15H14O3/c16-14-9-5-4-8-12(14)10-13(15(17)18)11-6-2-1-3-7-11/h1-9,13,16H,10H2,(H,17,18). The Morgan fingerprint density at radius 3 is 2.22 bits per heavy atom. The van der Waals surface area contributed by atoms with E-state index in [9.17, 15) is 15.0 Å². The molecule has 0 fully saturated rings. The van der Waals surface area contributed by atoms with Gasteiger partial charge in [-0.2, -0.15) is 0 Å². The van der Waals surface area contributed by atoms with Gasteiger partial charge in [-0.15, -0.1) is 0 Å². The normalized spacial score (nSPS) is 12.0. The van der Waals surface area contributed by atoms with Crippen molar-refractivity contribution in [1.29, 1.82) is 0 Å². The molecule has 0 heterocycles. The third-order valence-corrected chi connectivity index (χ3v) is 2.92. The lowest BCUT2D eigenvalue weighted by Gasteiger charge is -2.13. The van der Waals surface area contributed by atoms with E-state index in [-0.39, 0.29) is 12.2 Å². The molecule has 0 amide bonds. The lowest BCUT2D eigenvalue weighted by Crippen LogP contribution is -2.14. The molecule has 1 unspecified atom stereocenters. The summed E-state index contributed by atoms with van der Waals surface area (Å²) < 4.78 is 0. The van der Waals surface area contributed by atoms with Crippen LogP contribution in [0.5, 0.6) is 5.75 Å². The van der Waals surface area contributed by atoms with Gasteiger partial charge in [0.1, 0.15) is 5.75 Å². The summed E-state index contributed by atoms with van der Waals surface area (Å²) in [6.07, 6.45) is 0.284. The molecule has 0 bridgehead atoms. The Labute approximate surface area is 105 Å². The van der Waals surface area contributed by atoms with Crippen molar-refractivity contribution in [2.75, 3.05) is 0 Å². The molecule has 0 aliphatic heterocycles. The fourth-order valence-corrected chi connectivity index (χ4v) is 1.94. The summed E-state index contributed by atoms with van der Waals surface area (Å²) in [5.41, 5.74) is 1.39. The highest BCUT2D eigenvalue weighted by molar-refractivity contribution is 5.76. The smallest absolute Gasteiger partial charge is 0.311 e. The zero-order valence-electron chi connectivity index (χ0n) is 9.78. The van der Waals surface area contributed by atoms with Crippen LogP contribution in [0.15, 0.2) is 54.6 Å². The first-order chi connectivity index (χ1) is 8.68. The SMILES string of the molecule is O=C(O)C(Cc1ccccc1O)c1ccccc1. The molecule has 3 heteroatoms. The molecule has 0 spiro atoms. The molecule has 0 saturated heterocycles. The van der Waals surface area contributed by atoms with Crippen molar-refractivity contribution in [2.24, 2.45) is 0 Å². The van der Waals surface area contributed by atoms with Crippen LogP contribution in [-0.2, 0) is 11.2 Å². The van der Waals surface area contributed by atoms with E-state index in [1.807, 2.05) is 18.2 Å². The maximum absolute atomic E-state index is 11.3. The number of aromatic hydroxyl groups is 1. The largest absolute Gasteiger partial charge is 0.508 e. The number of benzene rings is 2. The lowest BCUT2D eigenvalue weighted by atomic mass is 9.92. The van der Waals surface area contributed by atoms with Gasteiger partial charge in [-0.1, -0.05) is 48.5 Å². The van der Waals surface area contributed by atoms with Crippen molar-refractivity contribution in [1.82, 2.24) is 0 Å². The predicted octanol–water partition coefficient (Wildman–Crippen LogP) is 2.80. The van der Waals surface area contributed by atoms with Gasteiger partial charge in [0.2, 0.25) is 0 Å². The molecule has 0 aliphatic rings. The van der Waals surface area contributed by atoms with Gasteiger partial charge in [-0.05, 0) is 23.6 Å². The average molecular weight is 242 g/mol. The molecule has 3 nitrogen and oxygen atoms in total. The summed E-state index contributed by atoms with van der Waals surface area (Å²) >= 11 is 0. The highest BCUT2D eigenvalue weighted by atomic mass is 16.4. The quantitative estimate of drug-likeness (QED) is 0.866. The van der Waals surface area contributed by atoms with Gasteiger partial charge >= 0.3 is 5.97 Å². The third-order valence-electron chi connectivity index (χ3n) is 2.92. The van der Waals surface area contributed by atoms with Gasteiger partial charge in [0.15, 0.2) is 0 Å². The number of carboxylic acid groups (broad SMARTS) is 1. The molecular weight excluding hydrogens is 228 g/mol. The maximum Gasteiger partial charge on any atom is 0.311 e. The zero-order valence-corrected chi connectivity index (χ0v) is 9.78. The average Bonchev–Trinajstić information content (AvgIpc) is 2.38. The molecule has 92 valence electrons. The van der Waals surface area contributed by atoms with Gasteiger partial charge in [-0.25, -0.2) is 0 Å². The minimum atomic E-state index is -0.885. The first-order valence-corrected chi connectivity index (χ1v) is 5.73. The maximum atomic E-state index is 11.3. The van der Waals surface area contributed by atoms with E-state index in [1.165, 1.54) is 0 Å². The minimum absolute atomic E-state index is 0.139. The Kier molecular flexibility index (Phi) is 3.63. The Morgan fingerprint density at radius 2 is 1.61 bits per heavy atom. The number of para-hydroxylation sites is 1. The van der Waals surface area contributed by atoms with Crippen molar-refractivity contribution < 1.29 is 15.0 Å². The summed E-state index contributed by atoms with van der Waals surface area (Å²) in [4.78, 5) is 11.3. The molecule has 2 N–H and O–H groups in total. The lowest BCUT2D eigenvalue weighted by molar-refractivity contribution is -0.138. The monoisotopic (exact) mass is 242 g/mol. The van der Waals surface area contributed by atoms with Gasteiger partial charge in [0.05, 0.1) is 5.92 Å². The second kappa shape index (κ2) is 5.36. The number of phenolic OH excluding ortho intramolecular Hbond substituents is 1. The molecule has 0 saturated carbocycles. The second-order valence-corrected chi connectivity index (χ2v) is 4.13. The topological polar surface area (TPSA) is 57.5 Å². The Morgan fingerprint density at radius 1 is 1.00 bits per heavy atom. The van der Waals surface area contributed by atoms with Crippen LogP contribution in [0.2, 0.25) is 0 Å². The summed E-state index contributed by atoms with van der Waals surface area (Å²) in [5, 5.41) is 19.0. The van der Waals surface area contributed by atoms with Crippen LogP contribution in [0.3, 0.4) is 0 Å². The number of carbonyl (C=O) groups is 1. The van der Waals surface area contributed by atoms with Gasteiger partial charge in [0.25, 0.3) is 0 Å². The Balaban J connectivity index is 2.28. The number of hydrogen-bond acceptors (Lipinski definition) is 2. The van der Waals surface area contributed by atoms with Crippen LogP contribution in [0.25, 0.3) is 0 Å². The number of carboxylic acids is 1. The molecular formula is C15H14O3. The van der Waals surface area contributed by atoms with E-state index >= 15 is 0 Å². The molecule has 0 radical (unpaired) electrons. The van der Waals surface area contributed by atoms with E-state index < -0.39 is 11.9 Å². The summed E-state index contributed by atoms with van der Waals surface area (Å²) in [5.74, 6) is -1.39. The molecule has 18 heavy (non-hydrogen) atoms. The van der Waals surface area contributed by atoms with E-state index in [2.05, 4.69) is 0 Å². The van der Waals surface area contributed by atoms with Crippen molar-refractivity contribution in [3.05, 3.63) is 65.7 Å². The highest BCUT2D eigenvalue weighted by Gasteiger charge is 2.21. The summed E-state index contributed by atoms with van der Waals surface area (Å²) in [6, 6.07) is 15.9. The van der Waals surface area contributed by atoms with Crippen LogP contribution < -0.4 is 0 Å². The fraction of sp³-hybridized carbons (Fsp3) is 0.133. The predicted molar refractivity (Wildman–Crippen MR) is 68.6 cm³/mol. The van der Waals surface area contributed by atoms with E-state index in [1.54, 1.807) is 36.4 Å². The third kappa shape index (κ3) is 2.69. The van der Waals surface area contributed by atoms with Crippen LogP contribution in [0, 0.1) is 0 Å². The summed E-state index contributed by atoms with van der Waals surface area (Å²) in [6.45, 7) is 0. The first-order valence-electron chi connectivity index (χ1n) is 5.73. The van der Waals surface area contributed by atoms with Crippen LogP contribution in [0.4, 0.5) is 0 Å². The molecule has 1 atom stereocenters. The van der Waals surface area contributed by atoms with Crippen LogP contribution in [0.1, 0.15) is 17.0 Å². The molecule has 2 rings (SSSR count). The van der Waals surface area contributed by atoms with Gasteiger partial charge in [-0.3, -0.25) is 4.79 Å². The Hall–Kier alpha value is -2.29. The van der Waals surface area contributed by atoms with Crippen molar-refractivity contribution in [2.45, 2.75) is 12.3 Å². The van der Waals surface area contributed by atoms with Crippen molar-refractivity contribution in [3.63, 3.8) is 0 Å². The molecule has 0 aromatic heterocycles. The van der Waals surface area contributed by atoms with E-state index in [4.69, 9.17) is 0 Å². The molecule has 2 aromatic carbocycles. The van der Waals surface area contributed by atoms with Gasteiger partial charge < -0.3 is 10.2 Å². The second-order valence-electron chi connectivity index (χ2n) is 4.13. The highest BCUT2D eigenvalue weighted by Crippen LogP contribution is 2.25. The number of aliphatic carboxylic acids is 1.